The molecule has 1 aliphatic heterocycles. The zero-order valence-electron chi connectivity index (χ0n) is 25.3. The summed E-state index contributed by atoms with van der Waals surface area (Å²) in [7, 11) is 2.12. The van der Waals surface area contributed by atoms with Crippen LogP contribution < -0.4 is 10.0 Å². The van der Waals surface area contributed by atoms with Crippen LogP contribution in [0, 0.1) is 5.41 Å². The molecular formula is C32H45Cl2N3O4S. The highest BCUT2D eigenvalue weighted by Gasteiger charge is 2.27. The smallest absolute Gasteiger partial charge is 0.220 e. The maximum absolute atomic E-state index is 12.1. The van der Waals surface area contributed by atoms with Crippen molar-refractivity contribution < 1.29 is 19.1 Å². The summed E-state index contributed by atoms with van der Waals surface area (Å²) in [5, 5.41) is 4.29. The second-order valence-electron chi connectivity index (χ2n) is 11.4. The van der Waals surface area contributed by atoms with Crippen LogP contribution in [-0.4, -0.2) is 69.7 Å². The van der Waals surface area contributed by atoms with E-state index in [1.165, 1.54) is 11.1 Å². The summed E-state index contributed by atoms with van der Waals surface area (Å²) < 4.78 is 14.6. The third-order valence-electron chi connectivity index (χ3n) is 7.72. The lowest BCUT2D eigenvalue weighted by Gasteiger charge is -2.33. The average molecular weight is 639 g/mol. The van der Waals surface area contributed by atoms with Crippen molar-refractivity contribution in [3.05, 3.63) is 63.1 Å². The topological polar surface area (TPSA) is 79.9 Å². The predicted octanol–water partition coefficient (Wildman–Crippen LogP) is 6.49. The number of likely N-dealkylation sites (N-methyl/N-ethyl adjacent to an activating group) is 1. The molecule has 2 aromatic carbocycles. The highest BCUT2D eigenvalue weighted by Crippen LogP contribution is 2.39. The van der Waals surface area contributed by atoms with Crippen LogP contribution in [0.5, 0.6) is 0 Å². The molecule has 1 aliphatic rings. The van der Waals surface area contributed by atoms with Crippen molar-refractivity contribution in [2.45, 2.75) is 63.8 Å². The summed E-state index contributed by atoms with van der Waals surface area (Å²) in [6.07, 6.45) is 2.52. The van der Waals surface area contributed by atoms with Gasteiger partial charge >= 0.3 is 0 Å². The number of nitrogens with zero attached hydrogens (tertiary/aromatic N) is 1. The highest BCUT2D eigenvalue weighted by atomic mass is 35.5. The third kappa shape index (κ3) is 11.5. The van der Waals surface area contributed by atoms with Crippen molar-refractivity contribution in [3.63, 3.8) is 0 Å². The molecule has 0 spiro atoms. The van der Waals surface area contributed by atoms with E-state index in [1.54, 1.807) is 18.9 Å². The van der Waals surface area contributed by atoms with E-state index in [1.807, 2.05) is 6.07 Å². The van der Waals surface area contributed by atoms with Crippen LogP contribution in [0.15, 0.2) is 41.3 Å². The lowest BCUT2D eigenvalue weighted by Crippen LogP contribution is -2.31. The largest absolute Gasteiger partial charge is 0.378 e. The first-order valence-corrected chi connectivity index (χ1v) is 16.2. The lowest BCUT2D eigenvalue weighted by atomic mass is 9.78. The molecule has 232 valence electrons. The van der Waals surface area contributed by atoms with Crippen molar-refractivity contribution in [1.29, 1.82) is 0 Å². The Kier molecular flexibility index (Phi) is 14.6. The maximum atomic E-state index is 12.1. The average Bonchev–Trinajstić information content (AvgIpc) is 2.94. The number of carbonyl (C=O) groups excluding carboxylic acids is 2. The predicted molar refractivity (Wildman–Crippen MR) is 173 cm³/mol. The Balaban J connectivity index is 1.27. The first-order valence-electron chi connectivity index (χ1n) is 14.7. The third-order valence-corrected chi connectivity index (χ3v) is 9.11. The van der Waals surface area contributed by atoms with E-state index in [-0.39, 0.29) is 23.0 Å². The first-order chi connectivity index (χ1) is 20.1. The minimum atomic E-state index is -0.113. The van der Waals surface area contributed by atoms with E-state index in [0.29, 0.717) is 63.8 Å². The number of halogens is 2. The summed E-state index contributed by atoms with van der Waals surface area (Å²) in [6.45, 7) is 10.6. The van der Waals surface area contributed by atoms with Gasteiger partial charge in [-0.05, 0) is 78.7 Å². The van der Waals surface area contributed by atoms with Gasteiger partial charge in [-0.1, -0.05) is 55.6 Å². The van der Waals surface area contributed by atoms with Crippen molar-refractivity contribution >= 4 is 46.8 Å². The minimum Gasteiger partial charge on any atom is -0.378 e. The maximum Gasteiger partial charge on any atom is 0.220 e. The fraction of sp³-hybridized carbons (Fsp3) is 0.562. The Morgan fingerprint density at radius 2 is 1.83 bits per heavy atom. The van der Waals surface area contributed by atoms with Gasteiger partial charge in [-0.3, -0.25) is 9.52 Å². The van der Waals surface area contributed by atoms with Crippen LogP contribution in [0.25, 0.3) is 0 Å². The number of amides is 1. The van der Waals surface area contributed by atoms with Crippen molar-refractivity contribution in [2.75, 3.05) is 53.1 Å². The number of hydrogen-bond donors (Lipinski definition) is 2. The molecule has 2 atom stereocenters. The Morgan fingerprint density at radius 1 is 1.10 bits per heavy atom. The SMILES string of the molecule is CCC(C)(CCC(=O)NCCOCCOCCNSc1cccc([C@@H]2CN(C)Cc3c(Cl)cc(Cl)cc32)c1)CC(C)=O. The number of ether oxygens (including phenoxy) is 2. The summed E-state index contributed by atoms with van der Waals surface area (Å²) in [4.78, 5) is 27.0. The van der Waals surface area contributed by atoms with E-state index in [0.717, 1.165) is 35.0 Å². The van der Waals surface area contributed by atoms with E-state index in [9.17, 15) is 9.59 Å². The standard InChI is InChI=1S/C32H45Cl2N3O4S/c1-5-32(3,20-23(2)38)10-9-31(39)35-11-13-40-15-16-41-14-12-36-42-26-8-6-7-24(17-26)28-21-37(4)22-29-27(28)18-25(33)19-30(29)34/h6-8,17-19,28,36H,5,9-16,20-22H2,1-4H3,(H,35,39)/t28-,32?/m0/s1. The van der Waals surface area contributed by atoms with Gasteiger partial charge in [-0.25, -0.2) is 0 Å². The van der Waals surface area contributed by atoms with Gasteiger partial charge in [-0.15, -0.1) is 0 Å². The van der Waals surface area contributed by atoms with Crippen LogP contribution >= 0.6 is 35.1 Å². The first kappa shape index (κ1) is 34.8. The number of benzene rings is 2. The van der Waals surface area contributed by atoms with Crippen LogP contribution in [0.1, 0.15) is 69.1 Å². The number of hydrogen-bond acceptors (Lipinski definition) is 7. The molecule has 0 aromatic heterocycles. The molecule has 1 unspecified atom stereocenters. The van der Waals surface area contributed by atoms with E-state index in [2.05, 4.69) is 66.2 Å². The number of fused-ring (bicyclic) bond motifs is 1. The van der Waals surface area contributed by atoms with Gasteiger partial charge in [0.05, 0.1) is 26.4 Å². The quantitative estimate of drug-likeness (QED) is 0.143. The zero-order chi connectivity index (χ0) is 30.5. The van der Waals surface area contributed by atoms with E-state index >= 15 is 0 Å². The molecule has 1 heterocycles. The minimum absolute atomic E-state index is 0.00289. The number of rotatable bonds is 18. The number of nitrogens with one attached hydrogen (secondary N) is 2. The number of carbonyl (C=O) groups is 2. The zero-order valence-corrected chi connectivity index (χ0v) is 27.6. The molecule has 0 saturated heterocycles. The fourth-order valence-corrected chi connectivity index (χ4v) is 6.52. The fourth-order valence-electron chi connectivity index (χ4n) is 5.25. The molecule has 2 aromatic rings. The molecule has 0 aliphatic carbocycles. The van der Waals surface area contributed by atoms with Gasteiger partial charge in [0.25, 0.3) is 0 Å². The van der Waals surface area contributed by atoms with Gasteiger partial charge in [0.2, 0.25) is 5.91 Å². The van der Waals surface area contributed by atoms with E-state index < -0.39 is 0 Å². The summed E-state index contributed by atoms with van der Waals surface area (Å²) in [5.41, 5.74) is 3.49. The second kappa shape index (κ2) is 17.6. The van der Waals surface area contributed by atoms with Crippen LogP contribution in [0.3, 0.4) is 0 Å². The van der Waals surface area contributed by atoms with Gasteiger partial charge in [0.15, 0.2) is 0 Å². The van der Waals surface area contributed by atoms with Crippen molar-refractivity contribution in [1.82, 2.24) is 14.9 Å². The van der Waals surface area contributed by atoms with Gasteiger partial charge < -0.3 is 24.5 Å². The number of ketones is 1. The normalized spacial score (nSPS) is 16.6. The molecule has 0 fully saturated rings. The Labute approximate surface area is 265 Å². The summed E-state index contributed by atoms with van der Waals surface area (Å²) in [6, 6.07) is 12.5. The van der Waals surface area contributed by atoms with Gasteiger partial charge in [0.1, 0.15) is 5.78 Å². The number of Topliss-reactive ketones (excluding diaryl/α,β-unsaturated/α-hetero) is 1. The van der Waals surface area contributed by atoms with E-state index in [4.69, 9.17) is 32.7 Å². The van der Waals surface area contributed by atoms with Crippen LogP contribution in [-0.2, 0) is 25.6 Å². The highest BCUT2D eigenvalue weighted by molar-refractivity contribution is 7.97. The van der Waals surface area contributed by atoms with Crippen molar-refractivity contribution in [3.8, 4) is 0 Å². The van der Waals surface area contributed by atoms with Crippen LogP contribution in [0.4, 0.5) is 0 Å². The molecule has 0 saturated carbocycles. The molecule has 7 nitrogen and oxygen atoms in total. The molecule has 1 amide bonds. The second-order valence-corrected chi connectivity index (χ2v) is 13.2. The Bertz CT molecular complexity index is 1180. The molecular weight excluding hydrogens is 593 g/mol. The molecule has 3 rings (SSSR count). The Morgan fingerprint density at radius 3 is 2.55 bits per heavy atom. The summed E-state index contributed by atoms with van der Waals surface area (Å²) in [5.74, 6) is 0.376. The molecule has 42 heavy (non-hydrogen) atoms. The van der Waals surface area contributed by atoms with Gasteiger partial charge in [-0.2, -0.15) is 0 Å². The Hall–Kier alpha value is -1.65. The van der Waals surface area contributed by atoms with Gasteiger partial charge in [0, 0.05) is 59.9 Å². The lowest BCUT2D eigenvalue weighted by molar-refractivity contribution is -0.123. The van der Waals surface area contributed by atoms with Crippen LogP contribution in [0.2, 0.25) is 10.0 Å². The monoisotopic (exact) mass is 637 g/mol. The molecule has 0 bridgehead atoms. The molecule has 2 N–H and O–H groups in total. The molecule has 10 heteroatoms. The summed E-state index contributed by atoms with van der Waals surface area (Å²) >= 11 is 14.5. The van der Waals surface area contributed by atoms with Crippen molar-refractivity contribution in [2.24, 2.45) is 5.41 Å². The molecule has 0 radical (unpaired) electrons.